The highest BCUT2D eigenvalue weighted by molar-refractivity contribution is 9.10. The monoisotopic (exact) mass is 545 g/mol. The van der Waals surface area contributed by atoms with E-state index in [9.17, 15) is 4.79 Å². The normalized spacial score (nSPS) is 18.0. The van der Waals surface area contributed by atoms with E-state index in [-0.39, 0.29) is 30.4 Å². The van der Waals surface area contributed by atoms with Crippen molar-refractivity contribution in [3.05, 3.63) is 51.4 Å². The predicted octanol–water partition coefficient (Wildman–Crippen LogP) is 6.06. The van der Waals surface area contributed by atoms with Crippen molar-refractivity contribution in [3.63, 3.8) is 0 Å². The number of nitrogens with one attached hydrogen (secondary N) is 1. The van der Waals surface area contributed by atoms with Crippen LogP contribution in [0.5, 0.6) is 0 Å². The molecular weight excluding hydrogens is 518 g/mol. The van der Waals surface area contributed by atoms with Crippen molar-refractivity contribution >= 4 is 45.1 Å². The molecule has 0 saturated carbocycles. The van der Waals surface area contributed by atoms with Gasteiger partial charge in [0.1, 0.15) is 23.5 Å². The second-order valence-corrected chi connectivity index (χ2v) is 10.9. The van der Waals surface area contributed by atoms with Crippen LogP contribution in [-0.4, -0.2) is 45.4 Å². The zero-order chi connectivity index (χ0) is 24.5. The number of hydrogen-bond acceptors (Lipinski definition) is 8. The van der Waals surface area contributed by atoms with Gasteiger partial charge in [-0.25, -0.2) is 14.8 Å². The van der Waals surface area contributed by atoms with Gasteiger partial charge in [0.15, 0.2) is 0 Å². The maximum absolute atomic E-state index is 12.5. The van der Waals surface area contributed by atoms with Crippen molar-refractivity contribution in [3.8, 4) is 11.3 Å². The number of cyclic esters (lactones) is 1. The van der Waals surface area contributed by atoms with E-state index in [1.165, 1.54) is 0 Å². The Labute approximate surface area is 211 Å². The summed E-state index contributed by atoms with van der Waals surface area (Å²) in [6.07, 6.45) is 0.958. The van der Waals surface area contributed by atoms with E-state index in [2.05, 4.69) is 31.2 Å². The van der Waals surface area contributed by atoms with E-state index in [4.69, 9.17) is 14.5 Å². The minimum Gasteiger partial charge on any atom is -0.447 e. The quantitative estimate of drug-likeness (QED) is 0.385. The molecule has 1 aromatic carbocycles. The van der Waals surface area contributed by atoms with Crippen LogP contribution in [0.4, 0.5) is 16.6 Å². The van der Waals surface area contributed by atoms with Gasteiger partial charge in [-0.2, -0.15) is 4.98 Å². The third-order valence-corrected chi connectivity index (χ3v) is 6.81. The Morgan fingerprint density at radius 2 is 1.94 bits per heavy atom. The maximum Gasteiger partial charge on any atom is 0.416 e. The van der Waals surface area contributed by atoms with Crippen LogP contribution in [0.25, 0.3) is 11.3 Å². The summed E-state index contributed by atoms with van der Waals surface area (Å²) in [6, 6.07) is 9.37. The van der Waals surface area contributed by atoms with Crippen molar-refractivity contribution in [2.24, 2.45) is 0 Å². The summed E-state index contributed by atoms with van der Waals surface area (Å²) in [5.74, 6) is 0.879. The molecule has 3 atom stereocenters. The number of carbonyl (C=O) groups excluding carboxylic acids is 1. The van der Waals surface area contributed by atoms with Crippen LogP contribution in [0.15, 0.2) is 46.4 Å². The smallest absolute Gasteiger partial charge is 0.416 e. The lowest BCUT2D eigenvalue weighted by atomic mass is 10.1. The van der Waals surface area contributed by atoms with Gasteiger partial charge in [-0.3, -0.25) is 4.90 Å². The zero-order valence-electron chi connectivity index (χ0n) is 19.8. The molecule has 4 rings (SSSR count). The van der Waals surface area contributed by atoms with Crippen LogP contribution in [0.1, 0.15) is 45.7 Å². The van der Waals surface area contributed by atoms with Gasteiger partial charge >= 0.3 is 6.09 Å². The minimum absolute atomic E-state index is 0.117. The molecule has 0 radical (unpaired) electrons. The first-order valence-corrected chi connectivity index (χ1v) is 12.7. The average molecular weight is 546 g/mol. The molecule has 2 aromatic heterocycles. The van der Waals surface area contributed by atoms with Gasteiger partial charge in [0.2, 0.25) is 5.95 Å². The zero-order valence-corrected chi connectivity index (χ0v) is 22.2. The topological polar surface area (TPSA) is 89.5 Å². The van der Waals surface area contributed by atoms with E-state index >= 15 is 0 Å². The maximum atomic E-state index is 12.5. The Bertz CT molecular complexity index is 1150. The SMILES string of the molecule is C[C@H](Nc1nccc(N2C(=O)OC[C@@H]2[C@@H](C)OC(C)(C)C)n1)c1nc(-c2ccc(Br)cc2)cs1. The summed E-state index contributed by atoms with van der Waals surface area (Å²) in [6.45, 7) is 10.2. The minimum atomic E-state index is -0.439. The van der Waals surface area contributed by atoms with Gasteiger partial charge < -0.3 is 14.8 Å². The Morgan fingerprint density at radius 3 is 2.65 bits per heavy atom. The van der Waals surface area contributed by atoms with Gasteiger partial charge in [-0.1, -0.05) is 28.1 Å². The molecule has 0 unspecified atom stereocenters. The summed E-state index contributed by atoms with van der Waals surface area (Å²) in [7, 11) is 0. The first kappa shape index (κ1) is 24.6. The van der Waals surface area contributed by atoms with Crippen molar-refractivity contribution in [1.29, 1.82) is 0 Å². The predicted molar refractivity (Wildman–Crippen MR) is 137 cm³/mol. The summed E-state index contributed by atoms with van der Waals surface area (Å²) in [4.78, 5) is 27.8. The third kappa shape index (κ3) is 5.73. The number of halogens is 1. The standard InChI is InChI=1S/C24H28BrN5O3S/c1-14(21-28-18(13-34-21)16-6-8-17(25)9-7-16)27-22-26-11-10-20(29-22)30-19(12-32-23(30)31)15(2)33-24(3,4)5/h6-11,13-15,19H,12H2,1-5H3,(H,26,27,29)/t14-,15+,19+/m0/s1. The molecule has 0 bridgehead atoms. The van der Waals surface area contributed by atoms with Crippen LogP contribution in [0, 0.1) is 0 Å². The van der Waals surface area contributed by atoms with Crippen molar-refractivity contribution in [1.82, 2.24) is 15.0 Å². The second-order valence-electron chi connectivity index (χ2n) is 9.13. The van der Waals surface area contributed by atoms with Crippen LogP contribution in [0.2, 0.25) is 0 Å². The molecule has 3 aromatic rings. The van der Waals surface area contributed by atoms with Crippen molar-refractivity contribution < 1.29 is 14.3 Å². The van der Waals surface area contributed by atoms with Gasteiger partial charge in [-0.15, -0.1) is 11.3 Å². The summed E-state index contributed by atoms with van der Waals surface area (Å²) in [5.41, 5.74) is 1.64. The highest BCUT2D eigenvalue weighted by atomic mass is 79.9. The van der Waals surface area contributed by atoms with E-state index < -0.39 is 6.09 Å². The average Bonchev–Trinajstić information content (AvgIpc) is 3.40. The highest BCUT2D eigenvalue weighted by Crippen LogP contribution is 2.29. The van der Waals surface area contributed by atoms with Gasteiger partial charge in [0.05, 0.1) is 23.4 Å². The molecule has 1 fully saturated rings. The largest absolute Gasteiger partial charge is 0.447 e. The molecule has 34 heavy (non-hydrogen) atoms. The van der Waals surface area contributed by atoms with Crippen molar-refractivity contribution in [2.75, 3.05) is 16.8 Å². The summed E-state index contributed by atoms with van der Waals surface area (Å²) < 4.78 is 12.4. The van der Waals surface area contributed by atoms with Crippen molar-refractivity contribution in [2.45, 2.75) is 58.4 Å². The number of nitrogens with zero attached hydrogens (tertiary/aromatic N) is 4. The van der Waals surface area contributed by atoms with Crippen LogP contribution < -0.4 is 10.2 Å². The molecule has 1 saturated heterocycles. The fourth-order valence-corrected chi connectivity index (χ4v) is 4.83. The number of thiazole rings is 1. The molecule has 0 spiro atoms. The Kier molecular flexibility index (Phi) is 7.20. The molecule has 1 aliphatic heterocycles. The first-order valence-electron chi connectivity index (χ1n) is 11.1. The van der Waals surface area contributed by atoms with E-state index in [1.807, 2.05) is 64.3 Å². The number of ether oxygens (including phenoxy) is 2. The first-order chi connectivity index (χ1) is 16.1. The Hall–Kier alpha value is -2.56. The molecule has 0 aliphatic carbocycles. The van der Waals surface area contributed by atoms with Crippen LogP contribution >= 0.6 is 27.3 Å². The van der Waals surface area contributed by atoms with Gasteiger partial charge in [-0.05, 0) is 52.8 Å². The van der Waals surface area contributed by atoms with Gasteiger partial charge in [0, 0.05) is 21.6 Å². The number of amides is 1. The Morgan fingerprint density at radius 1 is 1.21 bits per heavy atom. The lowest BCUT2D eigenvalue weighted by Crippen LogP contribution is -2.45. The number of rotatable bonds is 7. The molecule has 8 nitrogen and oxygen atoms in total. The second kappa shape index (κ2) is 9.97. The van der Waals surface area contributed by atoms with Gasteiger partial charge in [0.25, 0.3) is 0 Å². The molecule has 1 N–H and O–H groups in total. The van der Waals surface area contributed by atoms with E-state index in [0.717, 1.165) is 20.7 Å². The number of carbonyl (C=O) groups is 1. The highest BCUT2D eigenvalue weighted by Gasteiger charge is 2.40. The number of benzene rings is 1. The fourth-order valence-electron chi connectivity index (χ4n) is 3.73. The summed E-state index contributed by atoms with van der Waals surface area (Å²) >= 11 is 5.03. The van der Waals surface area contributed by atoms with E-state index in [0.29, 0.717) is 11.8 Å². The summed E-state index contributed by atoms with van der Waals surface area (Å²) in [5, 5.41) is 6.25. The third-order valence-electron chi connectivity index (χ3n) is 5.25. The number of aromatic nitrogens is 3. The Balaban J connectivity index is 1.49. The molecule has 10 heteroatoms. The fraction of sp³-hybridized carbons (Fsp3) is 0.417. The van der Waals surface area contributed by atoms with E-state index in [1.54, 1.807) is 28.5 Å². The number of hydrogen-bond donors (Lipinski definition) is 1. The van der Waals surface area contributed by atoms with Crippen LogP contribution in [-0.2, 0) is 9.47 Å². The lowest BCUT2D eigenvalue weighted by Gasteiger charge is -2.31. The lowest BCUT2D eigenvalue weighted by molar-refractivity contribution is -0.0618. The molecular formula is C24H28BrN5O3S. The molecule has 1 aliphatic rings. The van der Waals surface area contributed by atoms with Crippen LogP contribution in [0.3, 0.4) is 0 Å². The molecule has 3 heterocycles. The molecule has 180 valence electrons. The number of anilines is 2. The molecule has 1 amide bonds.